The molecule has 0 radical (unpaired) electrons. The fourth-order valence-corrected chi connectivity index (χ4v) is 4.29. The van der Waals surface area contributed by atoms with Crippen LogP contribution in [0.2, 0.25) is 0 Å². The van der Waals surface area contributed by atoms with Gasteiger partial charge < -0.3 is 10.6 Å². The Labute approximate surface area is 210 Å². The zero-order chi connectivity index (χ0) is 24.7. The number of pyridine rings is 1. The summed E-state index contributed by atoms with van der Waals surface area (Å²) in [5.41, 5.74) is 4.62. The van der Waals surface area contributed by atoms with Crippen LogP contribution in [-0.4, -0.2) is 27.2 Å². The number of hydrogen-bond donors (Lipinski definition) is 2. The summed E-state index contributed by atoms with van der Waals surface area (Å²) in [6.45, 7) is 0.607. The monoisotopic (exact) mass is 476 g/mol. The largest absolute Gasteiger partial charge is 0.309 e. The first-order valence-corrected chi connectivity index (χ1v) is 12.3. The van der Waals surface area contributed by atoms with Crippen LogP contribution in [0, 0.1) is 11.3 Å². The molecule has 2 N–H and O–H groups in total. The predicted molar refractivity (Wildman–Crippen MR) is 139 cm³/mol. The molecular formula is C29H28N6O. The predicted octanol–water partition coefficient (Wildman–Crippen LogP) is 5.05. The van der Waals surface area contributed by atoms with Gasteiger partial charge in [-0.15, -0.1) is 0 Å². The van der Waals surface area contributed by atoms with E-state index in [4.69, 9.17) is 5.26 Å². The van der Waals surface area contributed by atoms with E-state index in [9.17, 15) is 4.79 Å². The van der Waals surface area contributed by atoms with Gasteiger partial charge in [0, 0.05) is 30.1 Å². The van der Waals surface area contributed by atoms with Crippen molar-refractivity contribution in [2.24, 2.45) is 0 Å². The number of carbonyl (C=O) groups is 1. The number of hydrogen-bond acceptors (Lipinski definition) is 5. The Morgan fingerprint density at radius 2 is 1.83 bits per heavy atom. The summed E-state index contributed by atoms with van der Waals surface area (Å²) in [5, 5.41) is 19.8. The second kappa shape index (κ2) is 11.0. The van der Waals surface area contributed by atoms with E-state index in [1.54, 1.807) is 6.20 Å². The molecule has 2 aromatic carbocycles. The molecule has 1 aliphatic rings. The molecule has 0 bridgehead atoms. The molecular weight excluding hydrogens is 448 g/mol. The number of carbonyl (C=O) groups excluding carboxylic acids is 1. The molecule has 2 aromatic heterocycles. The highest BCUT2D eigenvalue weighted by Gasteiger charge is 2.21. The molecule has 1 aliphatic carbocycles. The molecule has 36 heavy (non-hydrogen) atoms. The Morgan fingerprint density at radius 1 is 1.03 bits per heavy atom. The van der Waals surface area contributed by atoms with Gasteiger partial charge in [-0.3, -0.25) is 9.48 Å². The van der Waals surface area contributed by atoms with Crippen LogP contribution in [0.25, 0.3) is 11.1 Å². The molecule has 1 atom stereocenters. The van der Waals surface area contributed by atoms with E-state index in [1.165, 1.54) is 19.3 Å². The van der Waals surface area contributed by atoms with Crippen molar-refractivity contribution in [1.82, 2.24) is 20.1 Å². The molecule has 1 amide bonds. The number of benzene rings is 2. The minimum Gasteiger partial charge on any atom is -0.309 e. The SMILES string of the molecule is N#Cc1ccc(CCNC(C(=O)Nc2ccc(-c3cnn(C4CCC4)c3)cn2)c2ccccc2)cc1. The Kier molecular flexibility index (Phi) is 7.15. The average Bonchev–Trinajstić information content (AvgIpc) is 3.36. The lowest BCUT2D eigenvalue weighted by atomic mass is 9.93. The normalized spacial score (nSPS) is 14.0. The highest BCUT2D eigenvalue weighted by atomic mass is 16.2. The summed E-state index contributed by atoms with van der Waals surface area (Å²) in [6, 6.07) is 23.1. The molecule has 1 fully saturated rings. The maximum Gasteiger partial charge on any atom is 0.247 e. The molecule has 180 valence electrons. The van der Waals surface area contributed by atoms with Crippen LogP contribution in [0.15, 0.2) is 85.3 Å². The maximum absolute atomic E-state index is 13.2. The molecule has 0 spiro atoms. The summed E-state index contributed by atoms with van der Waals surface area (Å²) >= 11 is 0. The van der Waals surface area contributed by atoms with Gasteiger partial charge in [-0.2, -0.15) is 10.4 Å². The van der Waals surface area contributed by atoms with E-state index in [-0.39, 0.29) is 5.91 Å². The first-order chi connectivity index (χ1) is 17.7. The summed E-state index contributed by atoms with van der Waals surface area (Å²) < 4.78 is 2.04. The van der Waals surface area contributed by atoms with Gasteiger partial charge in [-0.05, 0) is 61.1 Å². The summed E-state index contributed by atoms with van der Waals surface area (Å²) in [6.07, 6.45) is 10.1. The first-order valence-electron chi connectivity index (χ1n) is 12.3. The Morgan fingerprint density at radius 3 is 2.50 bits per heavy atom. The van der Waals surface area contributed by atoms with Gasteiger partial charge >= 0.3 is 0 Å². The molecule has 0 aliphatic heterocycles. The van der Waals surface area contributed by atoms with Crippen molar-refractivity contribution in [3.8, 4) is 17.2 Å². The molecule has 5 rings (SSSR count). The number of anilines is 1. The van der Waals surface area contributed by atoms with Gasteiger partial charge in [0.15, 0.2) is 0 Å². The Bertz CT molecular complexity index is 1340. The maximum atomic E-state index is 13.2. The molecule has 1 unspecified atom stereocenters. The third-order valence-electron chi connectivity index (χ3n) is 6.64. The summed E-state index contributed by atoms with van der Waals surface area (Å²) in [7, 11) is 0. The van der Waals surface area contributed by atoms with Crippen LogP contribution in [0.3, 0.4) is 0 Å². The number of nitrogens with one attached hydrogen (secondary N) is 2. The minimum atomic E-state index is -0.522. The van der Waals surface area contributed by atoms with Gasteiger partial charge in [-0.25, -0.2) is 4.98 Å². The highest BCUT2D eigenvalue weighted by molar-refractivity contribution is 5.95. The van der Waals surface area contributed by atoms with E-state index in [0.717, 1.165) is 28.7 Å². The third kappa shape index (κ3) is 5.51. The van der Waals surface area contributed by atoms with E-state index in [2.05, 4.69) is 33.0 Å². The molecule has 7 nitrogen and oxygen atoms in total. The quantitative estimate of drug-likeness (QED) is 0.352. The number of rotatable bonds is 9. The van der Waals surface area contributed by atoms with Crippen LogP contribution in [-0.2, 0) is 11.2 Å². The lowest BCUT2D eigenvalue weighted by Crippen LogP contribution is -2.34. The van der Waals surface area contributed by atoms with Crippen molar-refractivity contribution < 1.29 is 4.79 Å². The van der Waals surface area contributed by atoms with Crippen LogP contribution in [0.4, 0.5) is 5.82 Å². The van der Waals surface area contributed by atoms with E-state index >= 15 is 0 Å². The number of nitriles is 1. The van der Waals surface area contributed by atoms with Crippen LogP contribution in [0.1, 0.15) is 48.0 Å². The van der Waals surface area contributed by atoms with Crippen LogP contribution < -0.4 is 10.6 Å². The number of amides is 1. The molecule has 7 heteroatoms. The second-order valence-electron chi connectivity index (χ2n) is 9.07. The van der Waals surface area contributed by atoms with E-state index in [0.29, 0.717) is 24.0 Å². The molecule has 2 heterocycles. The highest BCUT2D eigenvalue weighted by Crippen LogP contribution is 2.32. The zero-order valence-corrected chi connectivity index (χ0v) is 20.0. The van der Waals surface area contributed by atoms with Crippen molar-refractivity contribution in [2.45, 2.75) is 37.8 Å². The van der Waals surface area contributed by atoms with Crippen molar-refractivity contribution in [3.05, 3.63) is 102 Å². The fourth-order valence-electron chi connectivity index (χ4n) is 4.29. The number of nitrogens with zero attached hydrogens (tertiary/aromatic N) is 4. The van der Waals surface area contributed by atoms with Gasteiger partial charge in [-0.1, -0.05) is 42.5 Å². The van der Waals surface area contributed by atoms with E-state index in [1.807, 2.05) is 77.6 Å². The summed E-state index contributed by atoms with van der Waals surface area (Å²) in [4.78, 5) is 17.7. The summed E-state index contributed by atoms with van der Waals surface area (Å²) in [5.74, 6) is 0.337. The van der Waals surface area contributed by atoms with E-state index < -0.39 is 6.04 Å². The van der Waals surface area contributed by atoms with Crippen molar-refractivity contribution >= 4 is 11.7 Å². The lowest BCUT2D eigenvalue weighted by molar-refractivity contribution is -0.118. The van der Waals surface area contributed by atoms with Gasteiger partial charge in [0.25, 0.3) is 0 Å². The number of aromatic nitrogens is 3. The van der Waals surface area contributed by atoms with Crippen molar-refractivity contribution in [3.63, 3.8) is 0 Å². The Hall–Kier alpha value is -4.28. The van der Waals surface area contributed by atoms with Crippen LogP contribution >= 0.6 is 0 Å². The standard InChI is InChI=1S/C29H28N6O/c30-17-22-11-9-21(10-12-22)15-16-31-28(23-5-2-1-3-6-23)29(36)34-27-14-13-24(18-32-27)25-19-33-35(20-25)26-7-4-8-26/h1-3,5-6,9-14,18-20,26,28,31H,4,7-8,15-16H2,(H,32,34,36). The first kappa shape index (κ1) is 23.5. The third-order valence-corrected chi connectivity index (χ3v) is 6.64. The van der Waals surface area contributed by atoms with Crippen LogP contribution in [0.5, 0.6) is 0 Å². The molecule has 4 aromatic rings. The topological polar surface area (TPSA) is 95.6 Å². The Balaban J connectivity index is 1.23. The minimum absolute atomic E-state index is 0.168. The second-order valence-corrected chi connectivity index (χ2v) is 9.07. The average molecular weight is 477 g/mol. The zero-order valence-electron chi connectivity index (χ0n) is 20.0. The van der Waals surface area contributed by atoms with Crippen molar-refractivity contribution in [1.29, 1.82) is 5.26 Å². The van der Waals surface area contributed by atoms with Gasteiger partial charge in [0.1, 0.15) is 11.9 Å². The molecule has 0 saturated heterocycles. The van der Waals surface area contributed by atoms with Gasteiger partial charge in [0.05, 0.1) is 23.9 Å². The van der Waals surface area contributed by atoms with Gasteiger partial charge in [0.2, 0.25) is 5.91 Å². The fraction of sp³-hybridized carbons (Fsp3) is 0.241. The van der Waals surface area contributed by atoms with Crippen molar-refractivity contribution in [2.75, 3.05) is 11.9 Å². The lowest BCUT2D eigenvalue weighted by Gasteiger charge is -2.25. The molecule has 1 saturated carbocycles. The smallest absolute Gasteiger partial charge is 0.247 e.